The summed E-state index contributed by atoms with van der Waals surface area (Å²) in [6.07, 6.45) is -2.73. The van der Waals surface area contributed by atoms with Crippen molar-refractivity contribution in [3.05, 3.63) is 77.6 Å². The minimum absolute atomic E-state index is 0.0537. The summed E-state index contributed by atoms with van der Waals surface area (Å²) in [5.74, 6) is -0.227. The van der Waals surface area contributed by atoms with E-state index in [1.165, 1.54) is 30.5 Å². The SMILES string of the molecule is O=C(CCc1ncc(-c2ccccc2F)o1)NCCc1ccccc1C(F)(F)F. The molecule has 3 rings (SSSR count). The quantitative estimate of drug-likeness (QED) is 0.574. The van der Waals surface area contributed by atoms with Gasteiger partial charge >= 0.3 is 6.18 Å². The van der Waals surface area contributed by atoms with Gasteiger partial charge in [0.1, 0.15) is 5.82 Å². The number of amides is 1. The summed E-state index contributed by atoms with van der Waals surface area (Å²) < 4.78 is 58.1. The normalized spacial score (nSPS) is 11.4. The second-order valence-corrected chi connectivity index (χ2v) is 6.35. The molecule has 1 aromatic heterocycles. The number of rotatable bonds is 7. The van der Waals surface area contributed by atoms with Gasteiger partial charge in [-0.25, -0.2) is 9.37 Å². The second kappa shape index (κ2) is 8.89. The van der Waals surface area contributed by atoms with Crippen LogP contribution in [-0.4, -0.2) is 17.4 Å². The monoisotopic (exact) mass is 406 g/mol. The molecule has 0 saturated carbocycles. The summed E-state index contributed by atoms with van der Waals surface area (Å²) in [6.45, 7) is 0.0813. The Morgan fingerprint density at radius 1 is 1.03 bits per heavy atom. The predicted octanol–water partition coefficient (Wildman–Crippen LogP) is 4.79. The molecule has 0 aliphatic heterocycles. The lowest BCUT2D eigenvalue weighted by atomic mass is 10.0. The number of alkyl halides is 3. The molecule has 0 fully saturated rings. The number of aromatic nitrogens is 1. The van der Waals surface area contributed by atoms with E-state index in [1.54, 1.807) is 18.2 Å². The molecule has 0 bridgehead atoms. The van der Waals surface area contributed by atoms with Crippen molar-refractivity contribution in [3.8, 4) is 11.3 Å². The van der Waals surface area contributed by atoms with Gasteiger partial charge in [-0.15, -0.1) is 0 Å². The molecule has 1 heterocycles. The minimum atomic E-state index is -4.43. The van der Waals surface area contributed by atoms with Crippen LogP contribution in [0, 0.1) is 5.82 Å². The maximum absolute atomic E-state index is 13.8. The van der Waals surface area contributed by atoms with E-state index in [0.717, 1.165) is 6.07 Å². The lowest BCUT2D eigenvalue weighted by molar-refractivity contribution is -0.138. The fourth-order valence-corrected chi connectivity index (χ4v) is 2.87. The number of carbonyl (C=O) groups is 1. The van der Waals surface area contributed by atoms with E-state index >= 15 is 0 Å². The van der Waals surface area contributed by atoms with Crippen LogP contribution in [0.4, 0.5) is 17.6 Å². The summed E-state index contributed by atoms with van der Waals surface area (Å²) in [5, 5.41) is 2.59. The molecule has 0 aliphatic rings. The predicted molar refractivity (Wildman–Crippen MR) is 98.4 cm³/mol. The maximum atomic E-state index is 13.8. The molecule has 2 aromatic carbocycles. The molecule has 8 heteroatoms. The van der Waals surface area contributed by atoms with Crippen molar-refractivity contribution in [2.24, 2.45) is 0 Å². The van der Waals surface area contributed by atoms with E-state index in [1.807, 2.05) is 0 Å². The Morgan fingerprint density at radius 2 is 1.76 bits per heavy atom. The van der Waals surface area contributed by atoms with Crippen molar-refractivity contribution in [3.63, 3.8) is 0 Å². The number of carbonyl (C=O) groups excluding carboxylic acids is 1. The zero-order valence-corrected chi connectivity index (χ0v) is 15.3. The zero-order chi connectivity index (χ0) is 20.9. The topological polar surface area (TPSA) is 55.1 Å². The molecule has 29 heavy (non-hydrogen) atoms. The van der Waals surface area contributed by atoms with Gasteiger partial charge in [0.15, 0.2) is 11.7 Å². The van der Waals surface area contributed by atoms with Gasteiger partial charge in [0.25, 0.3) is 0 Å². The maximum Gasteiger partial charge on any atom is 0.416 e. The largest absolute Gasteiger partial charge is 0.441 e. The van der Waals surface area contributed by atoms with Crippen molar-refractivity contribution >= 4 is 5.91 Å². The lowest BCUT2D eigenvalue weighted by Gasteiger charge is -2.12. The highest BCUT2D eigenvalue weighted by Crippen LogP contribution is 2.31. The van der Waals surface area contributed by atoms with E-state index in [-0.39, 0.29) is 54.5 Å². The van der Waals surface area contributed by atoms with Gasteiger partial charge in [-0.05, 0) is 30.2 Å². The highest BCUT2D eigenvalue weighted by atomic mass is 19.4. The van der Waals surface area contributed by atoms with Crippen molar-refractivity contribution in [2.45, 2.75) is 25.4 Å². The van der Waals surface area contributed by atoms with Gasteiger partial charge in [-0.3, -0.25) is 4.79 Å². The molecule has 0 aliphatic carbocycles. The Balaban J connectivity index is 1.49. The third-order valence-electron chi connectivity index (χ3n) is 4.30. The van der Waals surface area contributed by atoms with Gasteiger partial charge in [0, 0.05) is 19.4 Å². The molecular formula is C21H18F4N2O2. The van der Waals surface area contributed by atoms with Gasteiger partial charge in [-0.2, -0.15) is 13.2 Å². The van der Waals surface area contributed by atoms with Crippen molar-refractivity contribution < 1.29 is 26.8 Å². The molecule has 0 atom stereocenters. The molecule has 3 aromatic rings. The van der Waals surface area contributed by atoms with E-state index in [9.17, 15) is 22.4 Å². The average molecular weight is 406 g/mol. The minimum Gasteiger partial charge on any atom is -0.441 e. The van der Waals surface area contributed by atoms with Crippen LogP contribution in [0.3, 0.4) is 0 Å². The van der Waals surface area contributed by atoms with E-state index in [2.05, 4.69) is 10.3 Å². The first-order chi connectivity index (χ1) is 13.8. The summed E-state index contributed by atoms with van der Waals surface area (Å²) in [6, 6.07) is 11.4. The van der Waals surface area contributed by atoms with Crippen LogP contribution >= 0.6 is 0 Å². The van der Waals surface area contributed by atoms with Crippen molar-refractivity contribution in [1.29, 1.82) is 0 Å². The van der Waals surface area contributed by atoms with Crippen molar-refractivity contribution in [1.82, 2.24) is 10.3 Å². The molecule has 1 N–H and O–H groups in total. The molecule has 152 valence electrons. The van der Waals surface area contributed by atoms with Crippen LogP contribution in [0.1, 0.15) is 23.4 Å². The van der Waals surface area contributed by atoms with Gasteiger partial charge < -0.3 is 9.73 Å². The van der Waals surface area contributed by atoms with Crippen LogP contribution in [0.5, 0.6) is 0 Å². The highest BCUT2D eigenvalue weighted by molar-refractivity contribution is 5.76. The van der Waals surface area contributed by atoms with Gasteiger partial charge in [0.05, 0.1) is 17.3 Å². The summed E-state index contributed by atoms with van der Waals surface area (Å²) in [4.78, 5) is 16.0. The van der Waals surface area contributed by atoms with E-state index in [0.29, 0.717) is 0 Å². The third kappa shape index (κ3) is 5.43. The molecule has 0 unspecified atom stereocenters. The van der Waals surface area contributed by atoms with Crippen LogP contribution in [-0.2, 0) is 23.8 Å². The number of nitrogens with zero attached hydrogens (tertiary/aromatic N) is 1. The molecule has 0 radical (unpaired) electrons. The Morgan fingerprint density at radius 3 is 2.52 bits per heavy atom. The molecular weight excluding hydrogens is 388 g/mol. The van der Waals surface area contributed by atoms with Crippen LogP contribution in [0.25, 0.3) is 11.3 Å². The number of hydrogen-bond acceptors (Lipinski definition) is 3. The lowest BCUT2D eigenvalue weighted by Crippen LogP contribution is -2.26. The molecule has 0 saturated heterocycles. The number of nitrogens with one attached hydrogen (secondary N) is 1. The summed E-state index contributed by atoms with van der Waals surface area (Å²) in [7, 11) is 0. The Labute approximate surface area is 164 Å². The Hall–Kier alpha value is -3.16. The summed E-state index contributed by atoms with van der Waals surface area (Å²) in [5.41, 5.74) is -0.295. The standard InChI is InChI=1S/C21H18F4N2O2/c22-17-8-4-2-6-15(17)18-13-27-20(29-18)10-9-19(28)26-12-11-14-5-1-3-7-16(14)21(23,24)25/h1-8,13H,9-12H2,(H,26,28). The van der Waals surface area contributed by atoms with E-state index < -0.39 is 17.6 Å². The smallest absolute Gasteiger partial charge is 0.416 e. The molecule has 4 nitrogen and oxygen atoms in total. The van der Waals surface area contributed by atoms with Crippen molar-refractivity contribution in [2.75, 3.05) is 6.54 Å². The second-order valence-electron chi connectivity index (χ2n) is 6.35. The number of aryl methyl sites for hydroxylation is 1. The van der Waals surface area contributed by atoms with Crippen LogP contribution in [0.15, 0.2) is 59.1 Å². The zero-order valence-electron chi connectivity index (χ0n) is 15.3. The fourth-order valence-electron chi connectivity index (χ4n) is 2.87. The third-order valence-corrected chi connectivity index (χ3v) is 4.30. The first-order valence-electron chi connectivity index (χ1n) is 8.96. The fraction of sp³-hybridized carbons (Fsp3) is 0.238. The number of oxazole rings is 1. The first kappa shape index (κ1) is 20.6. The van der Waals surface area contributed by atoms with Crippen LogP contribution in [0.2, 0.25) is 0 Å². The number of halogens is 4. The highest BCUT2D eigenvalue weighted by Gasteiger charge is 2.32. The number of benzene rings is 2. The number of hydrogen-bond donors (Lipinski definition) is 1. The molecule has 0 spiro atoms. The Bertz CT molecular complexity index is 983. The first-order valence-corrected chi connectivity index (χ1v) is 8.96. The van der Waals surface area contributed by atoms with Gasteiger partial charge in [0.2, 0.25) is 5.91 Å². The summed E-state index contributed by atoms with van der Waals surface area (Å²) >= 11 is 0. The van der Waals surface area contributed by atoms with Gasteiger partial charge in [-0.1, -0.05) is 30.3 Å². The Kier molecular flexibility index (Phi) is 6.31. The van der Waals surface area contributed by atoms with E-state index in [4.69, 9.17) is 4.42 Å². The molecule has 1 amide bonds. The average Bonchev–Trinajstić information content (AvgIpc) is 3.15. The van der Waals surface area contributed by atoms with Crippen LogP contribution < -0.4 is 5.32 Å².